The van der Waals surface area contributed by atoms with Crippen molar-refractivity contribution in [1.82, 2.24) is 25.8 Å². The van der Waals surface area contributed by atoms with Crippen molar-refractivity contribution < 1.29 is 33.4 Å². The molecule has 2 atom stereocenters. The third-order valence-electron chi connectivity index (χ3n) is 8.63. The molecule has 1 saturated carbocycles. The van der Waals surface area contributed by atoms with Crippen molar-refractivity contribution in [2.45, 2.75) is 57.2 Å². The molecule has 3 aromatic rings. The van der Waals surface area contributed by atoms with Crippen molar-refractivity contribution in [3.05, 3.63) is 53.7 Å². The fourth-order valence-corrected chi connectivity index (χ4v) is 6.34. The molecule has 2 unspecified atom stereocenters. The molecule has 12 nitrogen and oxygen atoms in total. The summed E-state index contributed by atoms with van der Waals surface area (Å²) in [5.41, 5.74) is 2.47. The molecule has 0 spiro atoms. The number of amides is 4. The first-order valence-corrected chi connectivity index (χ1v) is 15.3. The number of benzene rings is 2. The Bertz CT molecular complexity index is 1520. The zero-order chi connectivity index (χ0) is 31.9. The van der Waals surface area contributed by atoms with E-state index in [1.807, 2.05) is 30.5 Å². The Balaban J connectivity index is 1.31. The van der Waals surface area contributed by atoms with Crippen LogP contribution in [0, 0.1) is 5.92 Å². The third kappa shape index (κ3) is 7.33. The molecule has 1 saturated heterocycles. The lowest BCUT2D eigenvalue weighted by atomic mass is 9.82. The second kappa shape index (κ2) is 14.4. The number of para-hydroxylation sites is 1. The van der Waals surface area contributed by atoms with Gasteiger partial charge in [0.25, 0.3) is 0 Å². The van der Waals surface area contributed by atoms with E-state index in [1.54, 1.807) is 12.1 Å². The Morgan fingerprint density at radius 1 is 1.00 bits per heavy atom. The maximum Gasteiger partial charge on any atom is 0.246 e. The van der Waals surface area contributed by atoms with E-state index in [4.69, 9.17) is 14.2 Å². The number of aromatic amines is 1. The molecule has 240 valence electrons. The summed E-state index contributed by atoms with van der Waals surface area (Å²) in [6.45, 7) is -0.389. The average molecular weight is 620 g/mol. The van der Waals surface area contributed by atoms with Gasteiger partial charge >= 0.3 is 0 Å². The fourth-order valence-electron chi connectivity index (χ4n) is 6.34. The molecule has 1 aromatic heterocycles. The molecule has 2 heterocycles. The van der Waals surface area contributed by atoms with Crippen molar-refractivity contribution in [1.29, 1.82) is 0 Å². The predicted molar refractivity (Wildman–Crippen MR) is 167 cm³/mol. The number of hydrogen-bond acceptors (Lipinski definition) is 7. The Morgan fingerprint density at radius 2 is 1.71 bits per heavy atom. The number of H-pyrrole nitrogens is 1. The first-order valence-electron chi connectivity index (χ1n) is 15.3. The summed E-state index contributed by atoms with van der Waals surface area (Å²) in [4.78, 5) is 57.4. The van der Waals surface area contributed by atoms with Crippen LogP contribution < -0.4 is 30.2 Å². The summed E-state index contributed by atoms with van der Waals surface area (Å²) >= 11 is 0. The highest BCUT2D eigenvalue weighted by atomic mass is 16.5. The van der Waals surface area contributed by atoms with Crippen molar-refractivity contribution in [3.63, 3.8) is 0 Å². The molecule has 2 aromatic carbocycles. The van der Waals surface area contributed by atoms with Crippen molar-refractivity contribution >= 4 is 34.5 Å². The van der Waals surface area contributed by atoms with Gasteiger partial charge in [-0.05, 0) is 48.1 Å². The van der Waals surface area contributed by atoms with Gasteiger partial charge in [-0.2, -0.15) is 0 Å². The molecule has 45 heavy (non-hydrogen) atoms. The highest BCUT2D eigenvalue weighted by Crippen LogP contribution is 2.38. The van der Waals surface area contributed by atoms with E-state index in [1.165, 1.54) is 26.2 Å². The second-order valence-corrected chi connectivity index (χ2v) is 11.6. The minimum atomic E-state index is -0.957. The molecular weight excluding hydrogens is 578 g/mol. The number of fused-ring (bicyclic) bond motifs is 1. The van der Waals surface area contributed by atoms with E-state index in [0.29, 0.717) is 22.8 Å². The SMILES string of the molecule is COc1cc(CNC(=O)C(Cc2c[nH]c3ccccc23)NC(=O)CN2CC(=O)NC(C3CCCCC3)C2=O)cc(OC)c1OC. The monoisotopic (exact) mass is 619 g/mol. The number of nitrogens with one attached hydrogen (secondary N) is 4. The lowest BCUT2D eigenvalue weighted by Crippen LogP contribution is -2.62. The van der Waals surface area contributed by atoms with E-state index in [0.717, 1.165) is 48.6 Å². The van der Waals surface area contributed by atoms with Crippen LogP contribution in [0.5, 0.6) is 17.2 Å². The van der Waals surface area contributed by atoms with Gasteiger partial charge in [-0.25, -0.2) is 0 Å². The summed E-state index contributed by atoms with van der Waals surface area (Å²) in [5, 5.41) is 9.53. The van der Waals surface area contributed by atoms with Crippen molar-refractivity contribution in [2.24, 2.45) is 5.92 Å². The number of nitrogens with zero attached hydrogens (tertiary/aromatic N) is 1. The van der Waals surface area contributed by atoms with Gasteiger partial charge in [0.15, 0.2) is 11.5 Å². The van der Waals surface area contributed by atoms with Gasteiger partial charge in [-0.15, -0.1) is 0 Å². The Labute approximate surface area is 262 Å². The maximum atomic E-state index is 13.6. The zero-order valence-corrected chi connectivity index (χ0v) is 25.9. The first kappa shape index (κ1) is 31.7. The fraction of sp³-hybridized carbons (Fsp3) is 0.455. The van der Waals surface area contributed by atoms with E-state index in [-0.39, 0.29) is 43.8 Å². The number of carbonyl (C=O) groups is 4. The molecule has 5 rings (SSSR count). The normalized spacial score (nSPS) is 17.8. The summed E-state index contributed by atoms with van der Waals surface area (Å²) in [6, 6.07) is 9.61. The Morgan fingerprint density at radius 3 is 2.40 bits per heavy atom. The molecule has 4 amide bonds. The van der Waals surface area contributed by atoms with Crippen LogP contribution in [0.25, 0.3) is 10.9 Å². The number of rotatable bonds is 12. The lowest BCUT2D eigenvalue weighted by Gasteiger charge is -2.37. The van der Waals surface area contributed by atoms with Crippen LogP contribution in [0.1, 0.15) is 43.2 Å². The third-order valence-corrected chi connectivity index (χ3v) is 8.63. The minimum absolute atomic E-state index is 0.0664. The van der Waals surface area contributed by atoms with E-state index in [9.17, 15) is 19.2 Å². The van der Waals surface area contributed by atoms with Gasteiger partial charge in [-0.3, -0.25) is 19.2 Å². The van der Waals surface area contributed by atoms with Crippen molar-refractivity contribution in [2.75, 3.05) is 34.4 Å². The van der Waals surface area contributed by atoms with Crippen molar-refractivity contribution in [3.8, 4) is 17.2 Å². The van der Waals surface area contributed by atoms with Crippen LogP contribution >= 0.6 is 0 Å². The van der Waals surface area contributed by atoms with Crippen LogP contribution in [-0.4, -0.2) is 80.0 Å². The molecule has 1 aliphatic carbocycles. The number of methoxy groups -OCH3 is 3. The Kier molecular flexibility index (Phi) is 10.1. The van der Waals surface area contributed by atoms with Crippen LogP contribution in [0.15, 0.2) is 42.6 Å². The smallest absolute Gasteiger partial charge is 0.246 e. The molecule has 1 aliphatic heterocycles. The van der Waals surface area contributed by atoms with E-state index in [2.05, 4.69) is 20.9 Å². The number of ether oxygens (including phenoxy) is 3. The molecular formula is C33H41N5O7. The molecule has 2 aliphatic rings. The number of hydrogen-bond donors (Lipinski definition) is 4. The van der Waals surface area contributed by atoms with Crippen LogP contribution in [0.2, 0.25) is 0 Å². The number of aromatic nitrogens is 1. The summed E-state index contributed by atoms with van der Waals surface area (Å²) in [7, 11) is 4.54. The highest BCUT2D eigenvalue weighted by Gasteiger charge is 2.39. The van der Waals surface area contributed by atoms with Gasteiger partial charge in [0.2, 0.25) is 29.4 Å². The molecule has 2 fully saturated rings. The summed E-state index contributed by atoms with van der Waals surface area (Å²) < 4.78 is 16.3. The second-order valence-electron chi connectivity index (χ2n) is 11.6. The van der Waals surface area contributed by atoms with Gasteiger partial charge in [0.05, 0.1) is 21.3 Å². The summed E-state index contributed by atoms with van der Waals surface area (Å²) in [6.07, 6.45) is 6.93. The lowest BCUT2D eigenvalue weighted by molar-refractivity contribution is -0.148. The highest BCUT2D eigenvalue weighted by molar-refractivity contribution is 5.98. The number of piperazine rings is 1. The standard InChI is InChI=1S/C33H41N5O7/c1-43-26-13-20(14-27(44-2)31(26)45-3)16-35-32(41)25(15-22-17-34-24-12-8-7-11-23(22)24)36-28(39)18-38-19-29(40)37-30(33(38)42)21-9-5-4-6-10-21/h7-8,11-14,17,21,25,30,34H,4-6,9-10,15-16,18-19H2,1-3H3,(H,35,41)(H,36,39)(H,37,40). The quantitative estimate of drug-likeness (QED) is 0.243. The van der Waals surface area contributed by atoms with Gasteiger partial charge in [0, 0.05) is 30.1 Å². The van der Waals surface area contributed by atoms with Crippen LogP contribution in [0.3, 0.4) is 0 Å². The van der Waals surface area contributed by atoms with E-state index < -0.39 is 23.9 Å². The first-order chi connectivity index (χ1) is 21.8. The largest absolute Gasteiger partial charge is 0.493 e. The van der Waals surface area contributed by atoms with Gasteiger partial charge in [-0.1, -0.05) is 37.5 Å². The topological polar surface area (TPSA) is 151 Å². The van der Waals surface area contributed by atoms with Crippen LogP contribution in [0.4, 0.5) is 0 Å². The maximum absolute atomic E-state index is 13.6. The molecule has 12 heteroatoms. The van der Waals surface area contributed by atoms with Gasteiger partial charge in [0.1, 0.15) is 25.2 Å². The van der Waals surface area contributed by atoms with Gasteiger partial charge < -0.3 is 40.0 Å². The minimum Gasteiger partial charge on any atom is -0.493 e. The number of carbonyl (C=O) groups excluding carboxylic acids is 4. The summed E-state index contributed by atoms with van der Waals surface area (Å²) in [5.74, 6) is -0.0626. The van der Waals surface area contributed by atoms with Crippen LogP contribution in [-0.2, 0) is 32.1 Å². The zero-order valence-electron chi connectivity index (χ0n) is 25.9. The molecule has 0 radical (unpaired) electrons. The molecule has 0 bridgehead atoms. The van der Waals surface area contributed by atoms with E-state index >= 15 is 0 Å². The average Bonchev–Trinajstić information content (AvgIpc) is 3.47. The predicted octanol–water partition coefficient (Wildman–Crippen LogP) is 2.44. The molecule has 4 N–H and O–H groups in total. The Hall–Kier alpha value is -4.74.